The molecule has 1 aromatic rings. The zero-order chi connectivity index (χ0) is 15.7. The Bertz CT molecular complexity index is 527. The lowest BCUT2D eigenvalue weighted by atomic mass is 9.87. The van der Waals surface area contributed by atoms with Crippen molar-refractivity contribution >= 4 is 17.7 Å². The summed E-state index contributed by atoms with van der Waals surface area (Å²) in [6.07, 6.45) is 1.36. The second kappa shape index (κ2) is 5.85. The third-order valence-electron chi connectivity index (χ3n) is 3.82. The molecule has 5 heteroatoms. The normalized spacial score (nSPS) is 22.4. The minimum absolute atomic E-state index is 0.328. The summed E-state index contributed by atoms with van der Waals surface area (Å²) in [5.74, 6) is 0. The lowest BCUT2D eigenvalue weighted by Crippen LogP contribution is -2.51. The molecule has 0 saturated carbocycles. The van der Waals surface area contributed by atoms with E-state index in [4.69, 9.17) is 22.1 Å². The molecule has 0 aromatic heterocycles. The first kappa shape index (κ1) is 16.1. The molecule has 0 aliphatic carbocycles. The van der Waals surface area contributed by atoms with Crippen LogP contribution in [0.3, 0.4) is 0 Å². The van der Waals surface area contributed by atoms with Gasteiger partial charge in [0.25, 0.3) is 0 Å². The van der Waals surface area contributed by atoms with E-state index in [9.17, 15) is 4.79 Å². The van der Waals surface area contributed by atoms with Gasteiger partial charge >= 0.3 is 6.09 Å². The number of halogens is 1. The molecule has 2 rings (SSSR count). The first-order valence-corrected chi connectivity index (χ1v) is 7.64. The SMILES string of the molecule is CC(C)(C)OC(=O)N1CCCC1(CN)c1ccccc1Cl. The number of amides is 1. The third-order valence-corrected chi connectivity index (χ3v) is 4.15. The van der Waals surface area contributed by atoms with Crippen molar-refractivity contribution in [2.45, 2.75) is 44.8 Å². The van der Waals surface area contributed by atoms with Gasteiger partial charge in [0.1, 0.15) is 5.60 Å². The van der Waals surface area contributed by atoms with E-state index in [1.165, 1.54) is 0 Å². The number of hydrogen-bond acceptors (Lipinski definition) is 3. The molecule has 0 bridgehead atoms. The zero-order valence-electron chi connectivity index (χ0n) is 12.9. The Morgan fingerprint density at radius 2 is 2.10 bits per heavy atom. The van der Waals surface area contributed by atoms with E-state index in [1.54, 1.807) is 4.90 Å². The molecule has 1 aromatic carbocycles. The lowest BCUT2D eigenvalue weighted by Gasteiger charge is -2.39. The van der Waals surface area contributed by atoms with Crippen LogP contribution in [0.15, 0.2) is 24.3 Å². The molecule has 116 valence electrons. The summed E-state index contributed by atoms with van der Waals surface area (Å²) in [4.78, 5) is 14.3. The Morgan fingerprint density at radius 3 is 2.67 bits per heavy atom. The van der Waals surface area contributed by atoms with Crippen LogP contribution in [-0.2, 0) is 10.3 Å². The van der Waals surface area contributed by atoms with Gasteiger partial charge in [0.15, 0.2) is 0 Å². The van der Waals surface area contributed by atoms with Gasteiger partial charge in [-0.15, -0.1) is 0 Å². The van der Waals surface area contributed by atoms with Crippen LogP contribution in [0.4, 0.5) is 4.79 Å². The predicted molar refractivity (Wildman–Crippen MR) is 84.4 cm³/mol. The monoisotopic (exact) mass is 310 g/mol. The smallest absolute Gasteiger partial charge is 0.411 e. The summed E-state index contributed by atoms with van der Waals surface area (Å²) in [6, 6.07) is 7.57. The van der Waals surface area contributed by atoms with E-state index in [-0.39, 0.29) is 6.09 Å². The number of carbonyl (C=O) groups is 1. The molecule has 1 amide bonds. The highest BCUT2D eigenvalue weighted by Crippen LogP contribution is 2.41. The molecule has 1 atom stereocenters. The highest BCUT2D eigenvalue weighted by Gasteiger charge is 2.46. The zero-order valence-corrected chi connectivity index (χ0v) is 13.6. The summed E-state index contributed by atoms with van der Waals surface area (Å²) < 4.78 is 5.53. The van der Waals surface area contributed by atoms with Crippen LogP contribution in [0.5, 0.6) is 0 Å². The van der Waals surface area contributed by atoms with Crippen LogP contribution < -0.4 is 5.73 Å². The van der Waals surface area contributed by atoms with Crippen LogP contribution in [0.25, 0.3) is 0 Å². The minimum Gasteiger partial charge on any atom is -0.444 e. The van der Waals surface area contributed by atoms with Crippen LogP contribution >= 0.6 is 11.6 Å². The van der Waals surface area contributed by atoms with Crippen LogP contribution in [0.2, 0.25) is 5.02 Å². The quantitative estimate of drug-likeness (QED) is 0.909. The molecule has 1 aliphatic heterocycles. The first-order valence-electron chi connectivity index (χ1n) is 7.26. The Kier molecular flexibility index (Phi) is 4.49. The highest BCUT2D eigenvalue weighted by molar-refractivity contribution is 6.31. The maximum absolute atomic E-state index is 12.5. The lowest BCUT2D eigenvalue weighted by molar-refractivity contribution is 0.00826. The van der Waals surface area contributed by atoms with Crippen LogP contribution in [0, 0.1) is 0 Å². The summed E-state index contributed by atoms with van der Waals surface area (Å²) in [5, 5.41) is 0.637. The molecule has 4 nitrogen and oxygen atoms in total. The highest BCUT2D eigenvalue weighted by atomic mass is 35.5. The van der Waals surface area contributed by atoms with Gasteiger partial charge in [0, 0.05) is 18.1 Å². The Hall–Kier alpha value is -1.26. The number of benzene rings is 1. The topological polar surface area (TPSA) is 55.6 Å². The third kappa shape index (κ3) is 3.16. The van der Waals surface area contributed by atoms with E-state index >= 15 is 0 Å². The van der Waals surface area contributed by atoms with Crippen LogP contribution in [-0.4, -0.2) is 29.7 Å². The second-order valence-corrected chi connectivity index (χ2v) is 6.86. The number of rotatable bonds is 2. The fraction of sp³-hybridized carbons (Fsp3) is 0.562. The van der Waals surface area contributed by atoms with Crippen molar-refractivity contribution in [3.05, 3.63) is 34.9 Å². The van der Waals surface area contributed by atoms with E-state index < -0.39 is 11.1 Å². The van der Waals surface area contributed by atoms with Crippen molar-refractivity contribution in [1.29, 1.82) is 0 Å². The number of hydrogen-bond donors (Lipinski definition) is 1. The van der Waals surface area contributed by atoms with Crippen LogP contribution in [0.1, 0.15) is 39.2 Å². The van der Waals surface area contributed by atoms with E-state index in [0.717, 1.165) is 18.4 Å². The fourth-order valence-corrected chi connectivity index (χ4v) is 3.21. The summed E-state index contributed by atoms with van der Waals surface area (Å²) in [7, 11) is 0. The van der Waals surface area contributed by atoms with Gasteiger partial charge in [-0.3, -0.25) is 4.90 Å². The van der Waals surface area contributed by atoms with Gasteiger partial charge in [-0.25, -0.2) is 4.79 Å². The number of ether oxygens (including phenoxy) is 1. The Labute approximate surface area is 131 Å². The average molecular weight is 311 g/mol. The molecule has 1 unspecified atom stereocenters. The largest absolute Gasteiger partial charge is 0.444 e. The minimum atomic E-state index is -0.569. The van der Waals surface area contributed by atoms with Gasteiger partial charge in [-0.05, 0) is 45.2 Å². The summed E-state index contributed by atoms with van der Waals surface area (Å²) >= 11 is 6.34. The maximum atomic E-state index is 12.5. The molecule has 1 fully saturated rings. The average Bonchev–Trinajstić information content (AvgIpc) is 2.82. The summed E-state index contributed by atoms with van der Waals surface area (Å²) in [6.45, 7) is 6.55. The summed E-state index contributed by atoms with van der Waals surface area (Å²) in [5.41, 5.74) is 5.86. The van der Waals surface area contributed by atoms with Crippen molar-refractivity contribution in [2.24, 2.45) is 5.73 Å². The molecule has 0 spiro atoms. The van der Waals surface area contributed by atoms with Crippen molar-refractivity contribution in [3.63, 3.8) is 0 Å². The van der Waals surface area contributed by atoms with Gasteiger partial charge in [0.2, 0.25) is 0 Å². The molecular formula is C16H23ClN2O2. The van der Waals surface area contributed by atoms with Crippen molar-refractivity contribution < 1.29 is 9.53 Å². The maximum Gasteiger partial charge on any atom is 0.411 e. The number of nitrogens with two attached hydrogens (primary N) is 1. The molecule has 0 radical (unpaired) electrons. The van der Waals surface area contributed by atoms with Gasteiger partial charge in [-0.2, -0.15) is 0 Å². The fourth-order valence-electron chi connectivity index (χ4n) is 2.90. The van der Waals surface area contributed by atoms with Gasteiger partial charge in [-0.1, -0.05) is 29.8 Å². The van der Waals surface area contributed by atoms with Crippen molar-refractivity contribution in [3.8, 4) is 0 Å². The molecule has 2 N–H and O–H groups in total. The first-order chi connectivity index (χ1) is 9.80. The molecule has 1 heterocycles. The Morgan fingerprint density at radius 1 is 1.43 bits per heavy atom. The molecule has 21 heavy (non-hydrogen) atoms. The Balaban J connectivity index is 2.38. The molecule has 1 saturated heterocycles. The number of likely N-dealkylation sites (tertiary alicyclic amines) is 1. The number of nitrogens with zero attached hydrogens (tertiary/aromatic N) is 1. The number of carbonyl (C=O) groups excluding carboxylic acids is 1. The van der Waals surface area contributed by atoms with E-state index in [1.807, 2.05) is 45.0 Å². The van der Waals surface area contributed by atoms with E-state index in [0.29, 0.717) is 18.1 Å². The van der Waals surface area contributed by atoms with E-state index in [2.05, 4.69) is 0 Å². The molecular weight excluding hydrogens is 288 g/mol. The standard InChI is InChI=1S/C16H23ClN2O2/c1-15(2,3)21-14(20)19-10-6-9-16(19,11-18)12-7-4-5-8-13(12)17/h4-5,7-8H,6,9-11,18H2,1-3H3. The van der Waals surface area contributed by atoms with Crippen molar-refractivity contribution in [2.75, 3.05) is 13.1 Å². The van der Waals surface area contributed by atoms with Gasteiger partial charge in [0.05, 0.1) is 5.54 Å². The second-order valence-electron chi connectivity index (χ2n) is 6.45. The van der Waals surface area contributed by atoms with Crippen molar-refractivity contribution in [1.82, 2.24) is 4.90 Å². The molecule has 1 aliphatic rings. The predicted octanol–water partition coefficient (Wildman–Crippen LogP) is 3.52. The van der Waals surface area contributed by atoms with Gasteiger partial charge < -0.3 is 10.5 Å².